The van der Waals surface area contributed by atoms with E-state index in [0.717, 1.165) is 41.1 Å². The minimum Gasteiger partial charge on any atom is -0.496 e. The van der Waals surface area contributed by atoms with Crippen LogP contribution in [0.15, 0.2) is 54.9 Å². The summed E-state index contributed by atoms with van der Waals surface area (Å²) in [7, 11) is 1.72. The molecule has 1 fully saturated rings. The minimum absolute atomic E-state index is 0.235. The Kier molecular flexibility index (Phi) is 5.07. The smallest absolute Gasteiger partial charge is 0.223 e. The number of aromatic nitrogens is 2. The van der Waals surface area contributed by atoms with Gasteiger partial charge in [-0.1, -0.05) is 42.0 Å². The Morgan fingerprint density at radius 2 is 1.84 bits per heavy atom. The summed E-state index contributed by atoms with van der Waals surface area (Å²) in [6.07, 6.45) is 7.18. The summed E-state index contributed by atoms with van der Waals surface area (Å²) in [5.74, 6) is 2.00. The van der Waals surface area contributed by atoms with Gasteiger partial charge in [0.2, 0.25) is 5.91 Å². The van der Waals surface area contributed by atoms with Gasteiger partial charge in [0.15, 0.2) is 0 Å². The maximum atomic E-state index is 13.4. The molecular weight excluding hydrogens is 398 g/mol. The van der Waals surface area contributed by atoms with Crippen LogP contribution in [0.25, 0.3) is 11.4 Å². The molecule has 1 saturated heterocycles. The quantitative estimate of drug-likeness (QED) is 0.563. The number of amides is 1. The van der Waals surface area contributed by atoms with E-state index in [-0.39, 0.29) is 5.91 Å². The van der Waals surface area contributed by atoms with Gasteiger partial charge in [-0.15, -0.1) is 0 Å². The van der Waals surface area contributed by atoms with E-state index in [1.807, 2.05) is 24.5 Å². The van der Waals surface area contributed by atoms with E-state index in [0.29, 0.717) is 24.9 Å². The molecular formula is C27H31N3O2. The molecule has 2 aliphatic rings. The highest BCUT2D eigenvalue weighted by atomic mass is 16.5. The third-order valence-corrected chi connectivity index (χ3v) is 7.42. The Balaban J connectivity index is 1.65. The number of hydrogen-bond donors (Lipinski definition) is 0. The number of nitrogens with zero attached hydrogens (tertiary/aromatic N) is 3. The van der Waals surface area contributed by atoms with Gasteiger partial charge < -0.3 is 14.2 Å². The fourth-order valence-electron chi connectivity index (χ4n) is 5.85. The van der Waals surface area contributed by atoms with Crippen LogP contribution in [0.4, 0.5) is 0 Å². The van der Waals surface area contributed by atoms with Crippen LogP contribution in [0.2, 0.25) is 0 Å². The molecule has 3 aromatic rings. The monoisotopic (exact) mass is 429 g/mol. The highest BCUT2D eigenvalue weighted by Gasteiger charge is 2.47. The normalized spacial score (nSPS) is 23.8. The Labute approximate surface area is 190 Å². The van der Waals surface area contributed by atoms with E-state index >= 15 is 0 Å². The Hall–Kier alpha value is -3.08. The summed E-state index contributed by atoms with van der Waals surface area (Å²) in [4.78, 5) is 20.2. The zero-order chi connectivity index (χ0) is 22.5. The van der Waals surface area contributed by atoms with Crippen LogP contribution >= 0.6 is 0 Å². The summed E-state index contributed by atoms with van der Waals surface area (Å²) in [5, 5.41) is 0. The Morgan fingerprint density at radius 3 is 2.53 bits per heavy atom. The van der Waals surface area contributed by atoms with Gasteiger partial charge in [0.1, 0.15) is 17.1 Å². The van der Waals surface area contributed by atoms with E-state index in [9.17, 15) is 4.79 Å². The molecule has 0 saturated carbocycles. The highest BCUT2D eigenvalue weighted by molar-refractivity contribution is 5.79. The lowest BCUT2D eigenvalue weighted by atomic mass is 9.78. The largest absolute Gasteiger partial charge is 0.496 e. The maximum Gasteiger partial charge on any atom is 0.223 e. The highest BCUT2D eigenvalue weighted by Crippen LogP contribution is 2.53. The maximum absolute atomic E-state index is 13.4. The molecule has 0 bridgehead atoms. The summed E-state index contributed by atoms with van der Waals surface area (Å²) in [5.41, 5.74) is 4.00. The van der Waals surface area contributed by atoms with Gasteiger partial charge in [0.25, 0.3) is 0 Å². The predicted molar refractivity (Wildman–Crippen MR) is 126 cm³/mol. The molecule has 1 amide bonds. The first-order valence-electron chi connectivity index (χ1n) is 11.6. The molecule has 166 valence electrons. The molecule has 5 rings (SSSR count). The lowest BCUT2D eigenvalue weighted by molar-refractivity contribution is -0.133. The van der Waals surface area contributed by atoms with Crippen molar-refractivity contribution in [3.63, 3.8) is 0 Å². The van der Waals surface area contributed by atoms with Crippen molar-refractivity contribution in [1.29, 1.82) is 0 Å². The lowest BCUT2D eigenvalue weighted by Crippen LogP contribution is -2.41. The molecule has 0 N–H and O–H groups in total. The summed E-state index contributed by atoms with van der Waals surface area (Å²) in [6.45, 7) is 6.43. The number of benzene rings is 2. The first-order valence-corrected chi connectivity index (χ1v) is 11.6. The van der Waals surface area contributed by atoms with Gasteiger partial charge in [-0.05, 0) is 51.7 Å². The van der Waals surface area contributed by atoms with Gasteiger partial charge in [0.05, 0.1) is 7.11 Å². The van der Waals surface area contributed by atoms with Crippen LogP contribution in [0, 0.1) is 6.92 Å². The fourth-order valence-corrected chi connectivity index (χ4v) is 5.85. The molecule has 2 aliphatic heterocycles. The average molecular weight is 430 g/mol. The SMILES string of the molecule is COc1cccc2c1C(CCC(=O)N1C(C)CCC1C)(c1ccc(C)cc1)n1ccnc1-2. The topological polar surface area (TPSA) is 47.4 Å². The number of hydrogen-bond acceptors (Lipinski definition) is 3. The molecule has 5 heteroatoms. The fraction of sp³-hybridized carbons (Fsp3) is 0.407. The number of carbonyl (C=O) groups excluding carboxylic acids is 1. The van der Waals surface area contributed by atoms with Crippen molar-refractivity contribution >= 4 is 5.91 Å². The van der Waals surface area contributed by atoms with Crippen molar-refractivity contribution in [3.05, 3.63) is 71.5 Å². The van der Waals surface area contributed by atoms with E-state index in [1.54, 1.807) is 7.11 Å². The first kappa shape index (κ1) is 20.8. The van der Waals surface area contributed by atoms with Crippen molar-refractivity contribution in [2.75, 3.05) is 7.11 Å². The van der Waals surface area contributed by atoms with E-state index in [4.69, 9.17) is 9.72 Å². The van der Waals surface area contributed by atoms with Crippen LogP contribution in [-0.4, -0.2) is 39.6 Å². The minimum atomic E-state index is -0.538. The molecule has 3 heterocycles. The van der Waals surface area contributed by atoms with Crippen LogP contribution in [0.1, 0.15) is 56.2 Å². The second-order valence-electron chi connectivity index (χ2n) is 9.31. The zero-order valence-corrected chi connectivity index (χ0v) is 19.3. The predicted octanol–water partition coefficient (Wildman–Crippen LogP) is 5.15. The van der Waals surface area contributed by atoms with Crippen LogP contribution in [-0.2, 0) is 10.3 Å². The van der Waals surface area contributed by atoms with Crippen LogP contribution in [0.5, 0.6) is 5.75 Å². The molecule has 2 aromatic carbocycles. The molecule has 3 unspecified atom stereocenters. The summed E-state index contributed by atoms with van der Waals surface area (Å²) >= 11 is 0. The molecule has 32 heavy (non-hydrogen) atoms. The van der Waals surface area contributed by atoms with Crippen molar-refractivity contribution in [1.82, 2.24) is 14.5 Å². The van der Waals surface area contributed by atoms with Crippen molar-refractivity contribution in [2.45, 2.75) is 64.1 Å². The van der Waals surface area contributed by atoms with Crippen molar-refractivity contribution in [3.8, 4) is 17.1 Å². The van der Waals surface area contributed by atoms with Gasteiger partial charge in [-0.25, -0.2) is 4.98 Å². The lowest BCUT2D eigenvalue weighted by Gasteiger charge is -2.35. The summed E-state index contributed by atoms with van der Waals surface area (Å²) in [6, 6.07) is 15.4. The number of fused-ring (bicyclic) bond motifs is 3. The molecule has 3 atom stereocenters. The first-order chi connectivity index (χ1) is 15.5. The third kappa shape index (κ3) is 2.98. The number of carbonyl (C=O) groups is 1. The number of likely N-dealkylation sites (tertiary alicyclic amines) is 1. The van der Waals surface area contributed by atoms with Gasteiger partial charge in [-0.2, -0.15) is 0 Å². The molecule has 5 nitrogen and oxygen atoms in total. The second kappa shape index (κ2) is 7.80. The number of ether oxygens (including phenoxy) is 1. The average Bonchev–Trinajstić information content (AvgIpc) is 3.47. The van der Waals surface area contributed by atoms with E-state index < -0.39 is 5.54 Å². The number of imidazole rings is 1. The van der Waals surface area contributed by atoms with Crippen LogP contribution in [0.3, 0.4) is 0 Å². The molecule has 0 spiro atoms. The van der Waals surface area contributed by atoms with E-state index in [2.05, 4.69) is 60.6 Å². The molecule has 0 radical (unpaired) electrons. The second-order valence-corrected chi connectivity index (χ2v) is 9.31. The number of aryl methyl sites for hydroxylation is 1. The summed E-state index contributed by atoms with van der Waals surface area (Å²) < 4.78 is 8.11. The van der Waals surface area contributed by atoms with Crippen molar-refractivity contribution in [2.24, 2.45) is 0 Å². The molecule has 0 aliphatic carbocycles. The van der Waals surface area contributed by atoms with Gasteiger partial charge in [-0.3, -0.25) is 4.79 Å². The zero-order valence-electron chi connectivity index (χ0n) is 19.3. The number of methoxy groups -OCH3 is 1. The Bertz CT molecular complexity index is 1140. The third-order valence-electron chi connectivity index (χ3n) is 7.42. The standard InChI is InChI=1S/C27H31N3O2/c1-18-8-12-21(13-9-18)27(15-14-24(31)30-19(2)10-11-20(30)3)25-22(6-5-7-23(25)32-4)26-28-16-17-29(26)27/h5-9,12-13,16-17,19-20H,10-11,14-15H2,1-4H3. The number of rotatable bonds is 5. The van der Waals surface area contributed by atoms with Gasteiger partial charge in [0, 0.05) is 42.0 Å². The van der Waals surface area contributed by atoms with Crippen LogP contribution < -0.4 is 4.74 Å². The molecule has 1 aromatic heterocycles. The van der Waals surface area contributed by atoms with E-state index in [1.165, 1.54) is 5.56 Å². The van der Waals surface area contributed by atoms with Gasteiger partial charge >= 0.3 is 0 Å². The Morgan fingerprint density at radius 1 is 1.12 bits per heavy atom. The van der Waals surface area contributed by atoms with Crippen molar-refractivity contribution < 1.29 is 9.53 Å².